The van der Waals surface area contributed by atoms with Crippen molar-refractivity contribution in [1.29, 1.82) is 0 Å². The van der Waals surface area contributed by atoms with Crippen molar-refractivity contribution in [3.63, 3.8) is 0 Å². The summed E-state index contributed by atoms with van der Waals surface area (Å²) in [4.78, 5) is 10.7. The standard InChI is InChI=1S/C11H13NO5S2/c1-9(13)12-19(16,17)7-6-10-4-3-5-11(8-10)18(2,14)15/h3-8H,1-2H3,(H,12,13)/b7-6+. The summed E-state index contributed by atoms with van der Waals surface area (Å²) in [6.07, 6.45) is 2.27. The summed E-state index contributed by atoms with van der Waals surface area (Å²) in [6, 6.07) is 5.81. The van der Waals surface area contributed by atoms with Crippen LogP contribution in [0.25, 0.3) is 6.08 Å². The number of amides is 1. The van der Waals surface area contributed by atoms with Gasteiger partial charge in [0.05, 0.1) is 10.3 Å². The van der Waals surface area contributed by atoms with Gasteiger partial charge in [-0.15, -0.1) is 0 Å². The molecule has 104 valence electrons. The molecule has 0 bridgehead atoms. The Hall–Kier alpha value is -1.67. The molecule has 19 heavy (non-hydrogen) atoms. The Morgan fingerprint density at radius 3 is 2.37 bits per heavy atom. The van der Waals surface area contributed by atoms with E-state index in [4.69, 9.17) is 0 Å². The van der Waals surface area contributed by atoms with Crippen LogP contribution in [0.3, 0.4) is 0 Å². The highest BCUT2D eigenvalue weighted by atomic mass is 32.2. The molecule has 0 aliphatic rings. The minimum Gasteiger partial charge on any atom is -0.274 e. The molecular formula is C11H13NO5S2. The van der Waals surface area contributed by atoms with Crippen LogP contribution in [-0.2, 0) is 24.7 Å². The predicted octanol–water partition coefficient (Wildman–Crippen LogP) is 0.527. The van der Waals surface area contributed by atoms with E-state index in [1.807, 2.05) is 0 Å². The summed E-state index contributed by atoms with van der Waals surface area (Å²) in [6.45, 7) is 1.08. The molecule has 1 aromatic rings. The first-order chi connectivity index (χ1) is 8.60. The number of sulfone groups is 1. The zero-order chi connectivity index (χ0) is 14.7. The summed E-state index contributed by atoms with van der Waals surface area (Å²) in [5.74, 6) is -0.700. The summed E-state index contributed by atoms with van der Waals surface area (Å²) in [7, 11) is -7.21. The van der Waals surface area contributed by atoms with Crippen LogP contribution in [0.15, 0.2) is 34.6 Å². The maximum atomic E-state index is 11.4. The Bertz CT molecular complexity index is 717. The van der Waals surface area contributed by atoms with Crippen LogP contribution in [0.4, 0.5) is 0 Å². The first-order valence-electron chi connectivity index (χ1n) is 5.12. The predicted molar refractivity (Wildman–Crippen MR) is 71.3 cm³/mol. The largest absolute Gasteiger partial charge is 0.274 e. The van der Waals surface area contributed by atoms with Crippen LogP contribution in [0.5, 0.6) is 0 Å². The van der Waals surface area contributed by atoms with Gasteiger partial charge in [0.1, 0.15) is 0 Å². The number of hydrogen-bond acceptors (Lipinski definition) is 5. The normalized spacial score (nSPS) is 12.5. The number of carbonyl (C=O) groups is 1. The van der Waals surface area contributed by atoms with Crippen LogP contribution in [0.1, 0.15) is 12.5 Å². The number of sulfonamides is 1. The Labute approximate surface area is 112 Å². The lowest BCUT2D eigenvalue weighted by Crippen LogP contribution is -2.25. The van der Waals surface area contributed by atoms with Crippen molar-refractivity contribution in [3.8, 4) is 0 Å². The van der Waals surface area contributed by atoms with Gasteiger partial charge >= 0.3 is 0 Å². The van der Waals surface area contributed by atoms with E-state index in [0.717, 1.165) is 18.6 Å². The van der Waals surface area contributed by atoms with E-state index in [1.165, 1.54) is 24.3 Å². The van der Waals surface area contributed by atoms with Gasteiger partial charge in [0, 0.05) is 13.2 Å². The zero-order valence-electron chi connectivity index (χ0n) is 10.3. The molecule has 1 aromatic carbocycles. The second kappa shape index (κ2) is 5.54. The van der Waals surface area contributed by atoms with Crippen LogP contribution >= 0.6 is 0 Å². The van der Waals surface area contributed by atoms with Gasteiger partial charge in [-0.3, -0.25) is 4.79 Å². The topological polar surface area (TPSA) is 97.4 Å². The fraction of sp³-hybridized carbons (Fsp3) is 0.182. The smallest absolute Gasteiger partial charge is 0.257 e. The molecule has 0 aromatic heterocycles. The molecule has 1 N–H and O–H groups in total. The number of benzene rings is 1. The van der Waals surface area contributed by atoms with Crippen LogP contribution in [-0.4, -0.2) is 29.0 Å². The Morgan fingerprint density at radius 1 is 1.21 bits per heavy atom. The van der Waals surface area contributed by atoms with Gasteiger partial charge in [0.15, 0.2) is 9.84 Å². The van der Waals surface area contributed by atoms with E-state index in [0.29, 0.717) is 5.56 Å². The van der Waals surface area contributed by atoms with Gasteiger partial charge in [-0.25, -0.2) is 21.6 Å². The fourth-order valence-corrected chi connectivity index (χ4v) is 2.73. The molecule has 0 saturated heterocycles. The second-order valence-electron chi connectivity index (χ2n) is 3.85. The van der Waals surface area contributed by atoms with Crippen molar-refractivity contribution in [3.05, 3.63) is 35.2 Å². The van der Waals surface area contributed by atoms with E-state index >= 15 is 0 Å². The average molecular weight is 303 g/mol. The summed E-state index contributed by atoms with van der Waals surface area (Å²) in [5, 5.41) is 0.801. The van der Waals surface area contributed by atoms with Gasteiger partial charge in [-0.1, -0.05) is 12.1 Å². The third-order valence-electron chi connectivity index (χ3n) is 2.01. The molecule has 0 aliphatic carbocycles. The highest BCUT2D eigenvalue weighted by Crippen LogP contribution is 2.12. The van der Waals surface area contributed by atoms with Gasteiger partial charge in [-0.05, 0) is 23.8 Å². The van der Waals surface area contributed by atoms with Crippen LogP contribution in [0.2, 0.25) is 0 Å². The quantitative estimate of drug-likeness (QED) is 0.875. The van der Waals surface area contributed by atoms with E-state index < -0.39 is 25.8 Å². The Balaban J connectivity index is 3.05. The third-order valence-corrected chi connectivity index (χ3v) is 4.19. The molecule has 6 nitrogen and oxygen atoms in total. The molecule has 1 rings (SSSR count). The van der Waals surface area contributed by atoms with Crippen LogP contribution < -0.4 is 4.72 Å². The fourth-order valence-electron chi connectivity index (χ4n) is 1.25. The molecule has 0 atom stereocenters. The Morgan fingerprint density at radius 2 is 1.84 bits per heavy atom. The highest BCUT2D eigenvalue weighted by molar-refractivity contribution is 7.93. The first-order valence-corrected chi connectivity index (χ1v) is 8.55. The molecule has 0 saturated carbocycles. The van der Waals surface area contributed by atoms with Gasteiger partial charge < -0.3 is 0 Å². The van der Waals surface area contributed by atoms with E-state index in [2.05, 4.69) is 0 Å². The lowest BCUT2D eigenvalue weighted by Gasteiger charge is -2.00. The molecule has 0 radical (unpaired) electrons. The Kier molecular flexibility index (Phi) is 4.48. The van der Waals surface area contributed by atoms with Crippen molar-refractivity contribution >= 4 is 31.8 Å². The molecule has 0 unspecified atom stereocenters. The van der Waals surface area contributed by atoms with Gasteiger partial charge in [-0.2, -0.15) is 0 Å². The second-order valence-corrected chi connectivity index (χ2v) is 7.43. The average Bonchev–Trinajstić information content (AvgIpc) is 2.24. The molecule has 0 heterocycles. The lowest BCUT2D eigenvalue weighted by molar-refractivity contribution is -0.117. The maximum absolute atomic E-state index is 11.4. The molecule has 0 aliphatic heterocycles. The minimum atomic E-state index is -3.86. The molecule has 8 heteroatoms. The van der Waals surface area contributed by atoms with Crippen molar-refractivity contribution in [2.75, 3.05) is 6.26 Å². The number of hydrogen-bond donors (Lipinski definition) is 1. The summed E-state index contributed by atoms with van der Waals surface area (Å²) >= 11 is 0. The lowest BCUT2D eigenvalue weighted by atomic mass is 10.2. The maximum Gasteiger partial charge on any atom is 0.257 e. The van der Waals surface area contributed by atoms with E-state index in [-0.39, 0.29) is 4.90 Å². The summed E-state index contributed by atoms with van der Waals surface area (Å²) in [5.41, 5.74) is 0.400. The summed E-state index contributed by atoms with van der Waals surface area (Å²) < 4.78 is 47.1. The molecule has 0 fully saturated rings. The molecule has 0 spiro atoms. The van der Waals surface area contributed by atoms with Crippen molar-refractivity contribution in [2.24, 2.45) is 0 Å². The van der Waals surface area contributed by atoms with Crippen molar-refractivity contribution < 1.29 is 21.6 Å². The van der Waals surface area contributed by atoms with Crippen LogP contribution in [0, 0.1) is 0 Å². The van der Waals surface area contributed by atoms with E-state index in [9.17, 15) is 21.6 Å². The highest BCUT2D eigenvalue weighted by Gasteiger charge is 2.08. The van der Waals surface area contributed by atoms with Gasteiger partial charge in [0.25, 0.3) is 10.0 Å². The monoisotopic (exact) mass is 303 g/mol. The first kappa shape index (κ1) is 15.4. The van der Waals surface area contributed by atoms with Crippen molar-refractivity contribution in [2.45, 2.75) is 11.8 Å². The molecular weight excluding hydrogens is 290 g/mol. The SMILES string of the molecule is CC(=O)NS(=O)(=O)/C=C/c1cccc(S(C)(=O)=O)c1. The van der Waals surface area contributed by atoms with E-state index in [1.54, 1.807) is 10.8 Å². The number of rotatable bonds is 4. The zero-order valence-corrected chi connectivity index (χ0v) is 12.0. The number of nitrogens with one attached hydrogen (secondary N) is 1. The minimum absolute atomic E-state index is 0.0894. The van der Waals surface area contributed by atoms with Gasteiger partial charge in [0.2, 0.25) is 5.91 Å². The van der Waals surface area contributed by atoms with Crippen molar-refractivity contribution in [1.82, 2.24) is 4.72 Å². The number of carbonyl (C=O) groups excluding carboxylic acids is 1. The third kappa shape index (κ3) is 5.23. The molecule has 1 amide bonds.